The number of rotatable bonds is 3. The Labute approximate surface area is 121 Å². The predicted molar refractivity (Wildman–Crippen MR) is 74.6 cm³/mol. The molecule has 2 aromatic rings. The lowest BCUT2D eigenvalue weighted by molar-refractivity contribution is -0.146. The molecule has 9 heteroatoms. The molecular weight excluding hydrogens is 332 g/mol. The highest BCUT2D eigenvalue weighted by molar-refractivity contribution is 9.10. The van der Waals surface area contributed by atoms with Crippen LogP contribution in [0, 0.1) is 0 Å². The minimum atomic E-state index is -0.743. The third-order valence-corrected chi connectivity index (χ3v) is 3.48. The van der Waals surface area contributed by atoms with E-state index in [-0.39, 0.29) is 22.5 Å². The van der Waals surface area contributed by atoms with Crippen LogP contribution in [0.5, 0.6) is 0 Å². The highest BCUT2D eigenvalue weighted by Crippen LogP contribution is 2.22. The molecule has 0 amide bonds. The standard InChI is InChI=1S/C11H13BrN4O4/c1-4-20-9(18)5(2)16-6-7(13-10(16)12)15(3)11(19)14-8(6)17/h5H,4H2,1-3H3,(H,14,17,19)/t5-/m1/s1. The number of imidazole rings is 1. The van der Waals surface area contributed by atoms with E-state index in [0.29, 0.717) is 0 Å². The van der Waals surface area contributed by atoms with Gasteiger partial charge in [-0.2, -0.15) is 0 Å². The minimum Gasteiger partial charge on any atom is -0.464 e. The molecule has 0 spiro atoms. The van der Waals surface area contributed by atoms with Crippen molar-refractivity contribution in [2.24, 2.45) is 7.05 Å². The van der Waals surface area contributed by atoms with E-state index in [2.05, 4.69) is 25.9 Å². The number of nitrogens with zero attached hydrogens (tertiary/aromatic N) is 3. The molecule has 8 nitrogen and oxygen atoms in total. The SMILES string of the molecule is CCOC(=O)[C@@H](C)n1c(Br)nc2c1c(=O)[nH]c(=O)n2C. The van der Waals surface area contributed by atoms with Crippen molar-refractivity contribution in [3.05, 3.63) is 25.6 Å². The van der Waals surface area contributed by atoms with Gasteiger partial charge in [0.1, 0.15) is 6.04 Å². The molecule has 1 N–H and O–H groups in total. The van der Waals surface area contributed by atoms with Crippen molar-refractivity contribution >= 4 is 33.1 Å². The lowest BCUT2D eigenvalue weighted by Crippen LogP contribution is -2.30. The monoisotopic (exact) mass is 344 g/mol. The quantitative estimate of drug-likeness (QED) is 0.638. The van der Waals surface area contributed by atoms with Crippen molar-refractivity contribution in [2.45, 2.75) is 19.9 Å². The van der Waals surface area contributed by atoms with Crippen LogP contribution in [0.4, 0.5) is 0 Å². The van der Waals surface area contributed by atoms with Crippen LogP contribution >= 0.6 is 15.9 Å². The third kappa shape index (κ3) is 2.17. The number of ether oxygens (including phenoxy) is 1. The van der Waals surface area contributed by atoms with E-state index in [9.17, 15) is 14.4 Å². The summed E-state index contributed by atoms with van der Waals surface area (Å²) in [6, 6.07) is -0.743. The lowest BCUT2D eigenvalue weighted by atomic mass is 10.3. The number of aromatic amines is 1. The van der Waals surface area contributed by atoms with Crippen molar-refractivity contribution in [1.29, 1.82) is 0 Å². The molecule has 0 aliphatic carbocycles. The van der Waals surface area contributed by atoms with E-state index in [1.807, 2.05) is 0 Å². The van der Waals surface area contributed by atoms with Gasteiger partial charge in [0.05, 0.1) is 6.61 Å². The summed E-state index contributed by atoms with van der Waals surface area (Å²) in [5.41, 5.74) is -0.831. The van der Waals surface area contributed by atoms with Gasteiger partial charge in [-0.25, -0.2) is 14.6 Å². The summed E-state index contributed by atoms with van der Waals surface area (Å²) in [5.74, 6) is -0.485. The summed E-state index contributed by atoms with van der Waals surface area (Å²) in [6.45, 7) is 3.53. The summed E-state index contributed by atoms with van der Waals surface area (Å²) in [4.78, 5) is 41.6. The van der Waals surface area contributed by atoms with Crippen LogP contribution in [0.15, 0.2) is 14.3 Å². The maximum Gasteiger partial charge on any atom is 0.329 e. The molecule has 2 rings (SSSR count). The van der Waals surface area contributed by atoms with Crippen LogP contribution in [-0.2, 0) is 16.6 Å². The molecule has 20 heavy (non-hydrogen) atoms. The van der Waals surface area contributed by atoms with Crippen LogP contribution in [-0.4, -0.2) is 31.7 Å². The highest BCUT2D eigenvalue weighted by Gasteiger charge is 2.24. The van der Waals surface area contributed by atoms with Crippen LogP contribution < -0.4 is 11.2 Å². The number of carbonyl (C=O) groups excluding carboxylic acids is 1. The van der Waals surface area contributed by atoms with Crippen LogP contribution in [0.25, 0.3) is 11.2 Å². The van der Waals surface area contributed by atoms with Gasteiger partial charge in [-0.05, 0) is 29.8 Å². The molecule has 0 aliphatic rings. The Balaban J connectivity index is 2.75. The maximum absolute atomic E-state index is 12.0. The first-order chi connectivity index (χ1) is 9.38. The largest absolute Gasteiger partial charge is 0.464 e. The van der Waals surface area contributed by atoms with E-state index in [1.54, 1.807) is 13.8 Å². The van der Waals surface area contributed by atoms with Crippen molar-refractivity contribution in [2.75, 3.05) is 6.61 Å². The van der Waals surface area contributed by atoms with Gasteiger partial charge in [0, 0.05) is 7.05 Å². The highest BCUT2D eigenvalue weighted by atomic mass is 79.9. The first-order valence-corrected chi connectivity index (χ1v) is 6.71. The summed E-state index contributed by atoms with van der Waals surface area (Å²) in [5, 5.41) is 0. The van der Waals surface area contributed by atoms with Gasteiger partial charge in [-0.15, -0.1) is 0 Å². The number of halogens is 1. The molecule has 0 saturated carbocycles. The molecule has 1 atom stereocenters. The number of aryl methyl sites for hydroxylation is 1. The van der Waals surface area contributed by atoms with Gasteiger partial charge in [0.2, 0.25) is 0 Å². The topological polar surface area (TPSA) is 99.0 Å². The molecular formula is C11H13BrN4O4. The van der Waals surface area contributed by atoms with Crippen molar-refractivity contribution in [3.8, 4) is 0 Å². The molecule has 0 fully saturated rings. The Morgan fingerprint density at radius 2 is 2.15 bits per heavy atom. The fraction of sp³-hybridized carbons (Fsp3) is 0.455. The van der Waals surface area contributed by atoms with Crippen LogP contribution in [0.3, 0.4) is 0 Å². The van der Waals surface area contributed by atoms with E-state index >= 15 is 0 Å². The lowest BCUT2D eigenvalue weighted by Gasteiger charge is -2.13. The van der Waals surface area contributed by atoms with Gasteiger partial charge in [-0.1, -0.05) is 0 Å². The smallest absolute Gasteiger partial charge is 0.329 e. The van der Waals surface area contributed by atoms with Gasteiger partial charge >= 0.3 is 11.7 Å². The average molecular weight is 345 g/mol. The molecule has 2 heterocycles. The first-order valence-electron chi connectivity index (χ1n) is 5.91. The molecule has 0 saturated heterocycles. The Morgan fingerprint density at radius 3 is 2.75 bits per heavy atom. The van der Waals surface area contributed by atoms with Crippen molar-refractivity contribution < 1.29 is 9.53 Å². The number of nitrogens with one attached hydrogen (secondary N) is 1. The molecule has 0 aromatic carbocycles. The second-order valence-electron chi connectivity index (χ2n) is 4.17. The van der Waals surface area contributed by atoms with Crippen LogP contribution in [0.1, 0.15) is 19.9 Å². The fourth-order valence-corrected chi connectivity index (χ4v) is 2.55. The number of carbonyl (C=O) groups is 1. The fourth-order valence-electron chi connectivity index (χ4n) is 1.90. The molecule has 0 unspecified atom stereocenters. The minimum absolute atomic E-state index is 0.138. The molecule has 0 radical (unpaired) electrons. The van der Waals surface area contributed by atoms with Crippen molar-refractivity contribution in [1.82, 2.24) is 19.1 Å². The van der Waals surface area contributed by atoms with E-state index < -0.39 is 23.3 Å². The molecule has 2 aromatic heterocycles. The van der Waals surface area contributed by atoms with E-state index in [4.69, 9.17) is 4.74 Å². The number of fused-ring (bicyclic) bond motifs is 1. The second-order valence-corrected chi connectivity index (χ2v) is 4.88. The third-order valence-electron chi connectivity index (χ3n) is 2.92. The Morgan fingerprint density at radius 1 is 1.50 bits per heavy atom. The molecule has 108 valence electrons. The number of H-pyrrole nitrogens is 1. The summed E-state index contributed by atoms with van der Waals surface area (Å²) >= 11 is 3.20. The normalized spacial score (nSPS) is 12.6. The Kier molecular flexibility index (Phi) is 3.80. The number of aromatic nitrogens is 4. The molecule has 0 aliphatic heterocycles. The number of hydrogen-bond donors (Lipinski definition) is 1. The van der Waals surface area contributed by atoms with Gasteiger partial charge in [0.15, 0.2) is 15.9 Å². The first kappa shape index (κ1) is 14.5. The van der Waals surface area contributed by atoms with E-state index in [1.165, 1.54) is 16.2 Å². The predicted octanol–water partition coefficient (Wildman–Crippen LogP) is 0.310. The average Bonchev–Trinajstić information content (AvgIpc) is 2.73. The zero-order chi connectivity index (χ0) is 15.0. The molecule has 0 bridgehead atoms. The second kappa shape index (κ2) is 5.23. The number of hydrogen-bond acceptors (Lipinski definition) is 5. The maximum atomic E-state index is 12.0. The summed E-state index contributed by atoms with van der Waals surface area (Å²) < 4.78 is 7.81. The van der Waals surface area contributed by atoms with Gasteiger partial charge in [0.25, 0.3) is 5.56 Å². The zero-order valence-corrected chi connectivity index (χ0v) is 12.7. The Bertz CT molecular complexity index is 788. The van der Waals surface area contributed by atoms with Crippen LogP contribution in [0.2, 0.25) is 0 Å². The van der Waals surface area contributed by atoms with E-state index in [0.717, 1.165) is 0 Å². The Hall–Kier alpha value is -1.90. The van der Waals surface area contributed by atoms with Gasteiger partial charge < -0.3 is 4.74 Å². The van der Waals surface area contributed by atoms with Crippen molar-refractivity contribution in [3.63, 3.8) is 0 Å². The summed E-state index contributed by atoms with van der Waals surface area (Å²) in [6.07, 6.45) is 0. The number of esters is 1. The summed E-state index contributed by atoms with van der Waals surface area (Å²) in [7, 11) is 1.49. The van der Waals surface area contributed by atoms with Gasteiger partial charge in [-0.3, -0.25) is 18.9 Å². The zero-order valence-electron chi connectivity index (χ0n) is 11.1.